The number of ether oxygens (including phenoxy) is 1. The van der Waals surface area contributed by atoms with Crippen LogP contribution in [0.5, 0.6) is 0 Å². The third-order valence-corrected chi connectivity index (χ3v) is 10.7. The minimum absolute atomic E-state index is 0.275. The van der Waals surface area contributed by atoms with Gasteiger partial charge in [-0.05, 0) is 78.1 Å². The maximum absolute atomic E-state index is 13.6. The zero-order chi connectivity index (χ0) is 36.5. The normalized spacial score (nSPS) is 20.2. The number of piperidine rings is 1. The summed E-state index contributed by atoms with van der Waals surface area (Å²) in [6.45, 7) is 16.2. The van der Waals surface area contributed by atoms with E-state index in [2.05, 4.69) is 37.9 Å². The van der Waals surface area contributed by atoms with Gasteiger partial charge in [-0.25, -0.2) is 9.59 Å². The van der Waals surface area contributed by atoms with Gasteiger partial charge in [0.1, 0.15) is 11.6 Å². The van der Waals surface area contributed by atoms with Gasteiger partial charge in [-0.15, -0.1) is 14.5 Å². The molecule has 1 aromatic heterocycles. The molecular weight excluding hydrogens is 664 g/mol. The van der Waals surface area contributed by atoms with Crippen LogP contribution in [0.3, 0.4) is 0 Å². The van der Waals surface area contributed by atoms with Crippen molar-refractivity contribution in [2.45, 2.75) is 168 Å². The van der Waals surface area contributed by atoms with Crippen LogP contribution in [-0.4, -0.2) is 94.0 Å². The molecule has 0 spiro atoms. The van der Waals surface area contributed by atoms with Gasteiger partial charge in [-0.3, -0.25) is 0 Å². The van der Waals surface area contributed by atoms with Gasteiger partial charge in [0.15, 0.2) is 0 Å². The first kappa shape index (κ1) is 40.3. The summed E-state index contributed by atoms with van der Waals surface area (Å²) in [5.41, 5.74) is -0.937. The fourth-order valence-electron chi connectivity index (χ4n) is 7.36. The van der Waals surface area contributed by atoms with Crippen molar-refractivity contribution in [1.29, 1.82) is 0 Å². The van der Waals surface area contributed by atoms with E-state index in [0.29, 0.717) is 63.1 Å². The smallest absolute Gasteiger partial charge is 0.437 e. The highest BCUT2D eigenvalue weighted by Gasteiger charge is 2.50. The van der Waals surface area contributed by atoms with Crippen LogP contribution in [0.1, 0.15) is 156 Å². The Balaban J connectivity index is 1.34. The van der Waals surface area contributed by atoms with Crippen LogP contribution in [0.15, 0.2) is 4.42 Å². The van der Waals surface area contributed by atoms with Crippen LogP contribution in [-0.2, 0) is 30.1 Å². The van der Waals surface area contributed by atoms with E-state index in [1.807, 2.05) is 20.8 Å². The Kier molecular flexibility index (Phi) is 14.4. The third kappa shape index (κ3) is 10.5. The van der Waals surface area contributed by atoms with Crippen LogP contribution < -0.4 is 0 Å². The Bertz CT molecular complexity index is 1340. The maximum Gasteiger partial charge on any atom is 0.437 e. The first-order valence-corrected chi connectivity index (χ1v) is 20.4. The number of carbonyl (C=O) groups is 2. The zero-order valence-electron chi connectivity index (χ0n) is 31.5. The molecule has 2 bridgehead atoms. The molecule has 1 aromatic rings. The van der Waals surface area contributed by atoms with Crippen molar-refractivity contribution in [3.8, 4) is 0 Å². The molecule has 3 aliphatic rings. The predicted molar refractivity (Wildman–Crippen MR) is 188 cm³/mol. The van der Waals surface area contributed by atoms with Gasteiger partial charge >= 0.3 is 22.5 Å². The van der Waals surface area contributed by atoms with Crippen molar-refractivity contribution in [1.82, 2.24) is 30.1 Å². The predicted octanol–water partition coefficient (Wildman–Crippen LogP) is 7.33. The second-order valence-corrected chi connectivity index (χ2v) is 16.5. The average Bonchev–Trinajstić information content (AvgIpc) is 3.59. The number of likely N-dealkylation sites (tertiary alicyclic amines) is 1. The number of urea groups is 1. The van der Waals surface area contributed by atoms with E-state index in [0.717, 1.165) is 82.1 Å². The number of rotatable bonds is 21. The Morgan fingerprint density at radius 3 is 2.22 bits per heavy atom. The molecule has 2 atom stereocenters. The Morgan fingerprint density at radius 2 is 1.60 bits per heavy atom. The molecule has 3 amide bonds. The fourth-order valence-corrected chi connectivity index (χ4v) is 8.22. The van der Waals surface area contributed by atoms with Gasteiger partial charge in [0.05, 0.1) is 6.04 Å². The lowest BCUT2D eigenvalue weighted by Crippen LogP contribution is -2.51. The molecule has 0 aliphatic carbocycles. The summed E-state index contributed by atoms with van der Waals surface area (Å²) in [7, 11) is -4.60. The molecule has 0 saturated carbocycles. The minimum Gasteiger partial charge on any atom is -0.444 e. The number of aromatic nitrogens is 2. The first-order valence-electron chi connectivity index (χ1n) is 19.1. The van der Waals surface area contributed by atoms with Crippen molar-refractivity contribution in [2.24, 2.45) is 5.92 Å². The van der Waals surface area contributed by atoms with E-state index >= 15 is 0 Å². The van der Waals surface area contributed by atoms with E-state index in [1.165, 1.54) is 0 Å². The Hall–Kier alpha value is -2.49. The zero-order valence-corrected chi connectivity index (χ0v) is 32.3. The van der Waals surface area contributed by atoms with Gasteiger partial charge in [0.25, 0.3) is 0 Å². The van der Waals surface area contributed by atoms with E-state index in [4.69, 9.17) is 17.7 Å². The van der Waals surface area contributed by atoms with Gasteiger partial charge in [-0.2, -0.15) is 22.8 Å². The SMILES string of the molecule is CCCCN(OS(=O)(=O)ON1C(=O)N2C[C@@H]1CC[C@H]2c1nnc(CCCC2CN(C(=O)OC(C)(C)C)C2)o1)C(CCC)(CCCC)CCCC. The molecule has 286 valence electrons. The van der Waals surface area contributed by atoms with Crippen LogP contribution in [0.2, 0.25) is 0 Å². The standard InChI is InChI=1S/C35H62N6O8S/c1-8-12-21-35(20-11-4,22-13-9-2)40(23-14-10-3)48-50(44,45)49-41-28-18-19-29(39(26-28)32(41)42)31-37-36-30(46-31)17-15-16-27-24-38(25-27)33(43)47-34(5,6)7/h27-29H,8-26H2,1-7H3/t28-,29-/m0/s1. The summed E-state index contributed by atoms with van der Waals surface area (Å²) in [6, 6.07) is -1.46. The lowest BCUT2D eigenvalue weighted by Gasteiger charge is -2.43. The molecule has 4 heterocycles. The number of hydroxylamine groups is 4. The molecule has 4 rings (SSSR count). The summed E-state index contributed by atoms with van der Waals surface area (Å²) in [4.78, 5) is 29.1. The van der Waals surface area contributed by atoms with Crippen molar-refractivity contribution in [3.05, 3.63) is 11.8 Å². The summed E-state index contributed by atoms with van der Waals surface area (Å²) in [5, 5.41) is 11.1. The van der Waals surface area contributed by atoms with E-state index < -0.39 is 39.7 Å². The molecule has 3 aliphatic heterocycles. The second-order valence-electron chi connectivity index (χ2n) is 15.4. The quantitative estimate of drug-likeness (QED) is 0.117. The maximum atomic E-state index is 13.6. The molecule has 15 heteroatoms. The molecule has 0 aromatic carbocycles. The highest BCUT2D eigenvalue weighted by molar-refractivity contribution is 7.81. The average molecular weight is 727 g/mol. The van der Waals surface area contributed by atoms with Gasteiger partial charge in [-0.1, -0.05) is 66.2 Å². The lowest BCUT2D eigenvalue weighted by molar-refractivity contribution is -0.172. The van der Waals surface area contributed by atoms with Crippen molar-refractivity contribution < 1.29 is 35.7 Å². The summed E-state index contributed by atoms with van der Waals surface area (Å²) in [5.74, 6) is 1.24. The third-order valence-electron chi connectivity index (χ3n) is 10.0. The summed E-state index contributed by atoms with van der Waals surface area (Å²) < 4.78 is 49.9. The number of nitrogens with zero attached hydrogens (tertiary/aromatic N) is 6. The molecule has 14 nitrogen and oxygen atoms in total. The topological polar surface area (TPSA) is 148 Å². The number of aryl methyl sites for hydroxylation is 1. The van der Waals surface area contributed by atoms with Crippen molar-refractivity contribution in [3.63, 3.8) is 0 Å². The highest BCUT2D eigenvalue weighted by Crippen LogP contribution is 2.40. The molecule has 3 fully saturated rings. The molecular formula is C35H62N6O8S. The van der Waals surface area contributed by atoms with Crippen LogP contribution in [0, 0.1) is 5.92 Å². The van der Waals surface area contributed by atoms with E-state index in [9.17, 15) is 18.0 Å². The largest absolute Gasteiger partial charge is 0.444 e. The molecule has 50 heavy (non-hydrogen) atoms. The number of hydrogen-bond acceptors (Lipinski definition) is 11. The van der Waals surface area contributed by atoms with Gasteiger partial charge in [0.2, 0.25) is 11.8 Å². The highest BCUT2D eigenvalue weighted by atomic mass is 32.3. The summed E-state index contributed by atoms with van der Waals surface area (Å²) >= 11 is 0. The number of hydrogen-bond donors (Lipinski definition) is 0. The lowest BCUT2D eigenvalue weighted by atomic mass is 9.82. The minimum atomic E-state index is -4.60. The number of amides is 3. The van der Waals surface area contributed by atoms with Gasteiger partial charge in [0, 0.05) is 38.1 Å². The van der Waals surface area contributed by atoms with Crippen LogP contribution >= 0.6 is 0 Å². The molecule has 3 saturated heterocycles. The van der Waals surface area contributed by atoms with Crippen molar-refractivity contribution in [2.75, 3.05) is 26.2 Å². The molecule has 0 radical (unpaired) electrons. The molecule has 0 unspecified atom stereocenters. The molecule has 0 N–H and O–H groups in total. The number of unbranched alkanes of at least 4 members (excludes halogenated alkanes) is 3. The monoisotopic (exact) mass is 726 g/mol. The van der Waals surface area contributed by atoms with Crippen LogP contribution in [0.25, 0.3) is 0 Å². The fraction of sp³-hybridized carbons (Fsp3) is 0.886. The van der Waals surface area contributed by atoms with Gasteiger partial charge < -0.3 is 19.0 Å². The summed E-state index contributed by atoms with van der Waals surface area (Å²) in [6.07, 6.45) is 12.1. The Labute approximate surface area is 299 Å². The first-order chi connectivity index (χ1) is 23.7. The van der Waals surface area contributed by atoms with Crippen LogP contribution in [0.4, 0.5) is 9.59 Å². The number of fused-ring (bicyclic) bond motifs is 2. The second kappa shape index (κ2) is 17.8. The Morgan fingerprint density at radius 1 is 0.920 bits per heavy atom. The van der Waals surface area contributed by atoms with E-state index in [1.54, 1.807) is 14.9 Å². The van der Waals surface area contributed by atoms with Crippen molar-refractivity contribution >= 4 is 22.5 Å². The number of carbonyl (C=O) groups excluding carboxylic acids is 2. The van der Waals surface area contributed by atoms with E-state index in [-0.39, 0.29) is 6.09 Å².